The quantitative estimate of drug-likeness (QED) is 0.143. The molecule has 16 heteroatoms. The average molecular weight is 769 g/mol. The number of alkyl halides is 6. The van der Waals surface area contributed by atoms with Gasteiger partial charge in [-0.05, 0) is 68.2 Å². The molecule has 9 nitrogen and oxygen atoms in total. The number of carbonyl (C=O) groups is 3. The average Bonchev–Trinajstić information content (AvgIpc) is 3.60. The summed E-state index contributed by atoms with van der Waals surface area (Å²) in [7, 11) is 0. The minimum Gasteiger partial charge on any atom is -0.481 e. The molecule has 3 N–H and O–H groups in total. The fourth-order valence-corrected chi connectivity index (χ4v) is 8.21. The minimum atomic E-state index is -4.90. The standard InChI is InChI=1S/C37H42F6N4O5S/c1-2-9-28-35(52-25-22-29(53-23-25)37(41,42)43,15-8-19-47(28)32(50)31-27(36(38,39)40)13-7-18-45-31)33(51)46-20-16-34(44,17-21-46)26-12-5-3-10-24(26)11-4-6-14-30(48)49/h3,5,7,10,12-13,18,22-23,28H,2,4,6,8-9,11,14-17,19-21,44H2,1H3,(H,48,49)/t28-,35+/m1/s1. The van der Waals surface area contributed by atoms with Gasteiger partial charge in [-0.15, -0.1) is 11.3 Å². The second-order valence-electron chi connectivity index (χ2n) is 13.6. The molecule has 4 heterocycles. The van der Waals surface area contributed by atoms with Crippen molar-refractivity contribution in [2.75, 3.05) is 19.6 Å². The highest BCUT2D eigenvalue weighted by Gasteiger charge is 2.56. The van der Waals surface area contributed by atoms with Crippen LogP contribution >= 0.6 is 11.3 Å². The van der Waals surface area contributed by atoms with Crippen LogP contribution in [-0.2, 0) is 33.9 Å². The topological polar surface area (TPSA) is 126 Å². The Kier molecular flexibility index (Phi) is 12.1. The number of pyridine rings is 1. The summed E-state index contributed by atoms with van der Waals surface area (Å²) in [6.07, 6.45) is -5.52. The summed E-state index contributed by atoms with van der Waals surface area (Å²) >= 11 is 0.385. The van der Waals surface area contributed by atoms with Gasteiger partial charge in [0.05, 0.1) is 11.6 Å². The largest absolute Gasteiger partial charge is 0.481 e. The number of carboxylic acid groups (broad SMARTS) is 1. The Hall–Kier alpha value is -4.18. The molecule has 1 aromatic carbocycles. The van der Waals surface area contributed by atoms with E-state index in [0.717, 1.165) is 45.8 Å². The number of rotatable bonds is 12. The van der Waals surface area contributed by atoms with Gasteiger partial charge in [0.25, 0.3) is 11.8 Å². The van der Waals surface area contributed by atoms with E-state index in [2.05, 4.69) is 4.98 Å². The van der Waals surface area contributed by atoms with Crippen molar-refractivity contribution in [2.45, 2.75) is 101 Å². The fraction of sp³-hybridized carbons (Fsp3) is 0.514. The number of nitrogens with two attached hydrogens (primary N) is 1. The molecular weight excluding hydrogens is 726 g/mol. The van der Waals surface area contributed by atoms with Gasteiger partial charge in [-0.25, -0.2) is 0 Å². The van der Waals surface area contributed by atoms with Crippen LogP contribution in [0.15, 0.2) is 54.0 Å². The molecular formula is C37H42F6N4O5S. The van der Waals surface area contributed by atoms with Gasteiger partial charge in [-0.3, -0.25) is 19.4 Å². The number of likely N-dealkylation sites (tertiary alicyclic amines) is 2. The Balaban J connectivity index is 1.48. The molecule has 2 aliphatic rings. The van der Waals surface area contributed by atoms with E-state index in [4.69, 9.17) is 15.6 Å². The first-order chi connectivity index (χ1) is 25.0. The lowest BCUT2D eigenvalue weighted by molar-refractivity contribution is -0.161. The SMILES string of the molecule is CCC[C@H]1N(C(=O)c2ncccc2C(F)(F)F)CCC[C@@]1(Oc1csc(C(F)(F)F)c1)C(=O)N1CCC(N)(c2ccccc2CCCCC(=O)O)CC1. The van der Waals surface area contributed by atoms with Gasteiger partial charge < -0.3 is 25.4 Å². The molecule has 2 saturated heterocycles. The van der Waals surface area contributed by atoms with Crippen LogP contribution in [0.2, 0.25) is 0 Å². The molecule has 5 rings (SSSR count). The second kappa shape index (κ2) is 16.0. The van der Waals surface area contributed by atoms with Gasteiger partial charge in [0.1, 0.15) is 16.3 Å². The molecule has 288 valence electrons. The minimum absolute atomic E-state index is 0.00469. The molecule has 0 radical (unpaired) electrons. The third-order valence-electron chi connectivity index (χ3n) is 10.1. The molecule has 2 aromatic heterocycles. The Morgan fingerprint density at radius 3 is 2.36 bits per heavy atom. The molecule has 2 aliphatic heterocycles. The number of nitrogens with zero attached hydrogens (tertiary/aromatic N) is 3. The lowest BCUT2D eigenvalue weighted by Gasteiger charge is -2.51. The van der Waals surface area contributed by atoms with Crippen LogP contribution in [0.4, 0.5) is 26.3 Å². The van der Waals surface area contributed by atoms with E-state index < -0.39 is 63.5 Å². The second-order valence-corrected chi connectivity index (χ2v) is 14.6. The summed E-state index contributed by atoms with van der Waals surface area (Å²) in [4.78, 5) is 45.4. The predicted molar refractivity (Wildman–Crippen MR) is 184 cm³/mol. The number of piperidine rings is 2. The van der Waals surface area contributed by atoms with Crippen molar-refractivity contribution in [2.24, 2.45) is 5.73 Å². The third kappa shape index (κ3) is 8.80. The molecule has 0 spiro atoms. The highest BCUT2D eigenvalue weighted by molar-refractivity contribution is 7.10. The van der Waals surface area contributed by atoms with Crippen LogP contribution in [0.3, 0.4) is 0 Å². The number of aromatic nitrogens is 1. The van der Waals surface area contributed by atoms with Gasteiger partial charge in [0.2, 0.25) is 5.60 Å². The van der Waals surface area contributed by atoms with Gasteiger partial charge in [0.15, 0.2) is 0 Å². The van der Waals surface area contributed by atoms with Crippen molar-refractivity contribution < 1.29 is 50.6 Å². The number of ether oxygens (including phenoxy) is 1. The third-order valence-corrected chi connectivity index (χ3v) is 11.1. The summed E-state index contributed by atoms with van der Waals surface area (Å²) in [6, 6.07) is 9.05. The number of amides is 2. The molecule has 3 aromatic rings. The van der Waals surface area contributed by atoms with E-state index >= 15 is 0 Å². The molecule has 0 unspecified atom stereocenters. The monoisotopic (exact) mass is 768 g/mol. The molecule has 0 saturated carbocycles. The summed E-state index contributed by atoms with van der Waals surface area (Å²) in [6.45, 7) is 2.01. The van der Waals surface area contributed by atoms with Crippen LogP contribution in [0.25, 0.3) is 0 Å². The molecule has 0 bridgehead atoms. The molecule has 2 amide bonds. The maximum absolute atomic E-state index is 14.9. The van der Waals surface area contributed by atoms with Crippen molar-refractivity contribution in [1.82, 2.24) is 14.8 Å². The number of halogens is 6. The number of benzene rings is 1. The maximum atomic E-state index is 14.9. The number of hydrogen-bond donors (Lipinski definition) is 2. The first kappa shape index (κ1) is 40.0. The lowest BCUT2D eigenvalue weighted by atomic mass is 9.76. The van der Waals surface area contributed by atoms with E-state index in [1.54, 1.807) is 6.92 Å². The van der Waals surface area contributed by atoms with Crippen LogP contribution in [0.1, 0.15) is 96.8 Å². The van der Waals surface area contributed by atoms with E-state index in [1.165, 1.54) is 4.90 Å². The Bertz CT molecular complexity index is 1770. The van der Waals surface area contributed by atoms with Crippen LogP contribution in [0.5, 0.6) is 5.75 Å². The van der Waals surface area contributed by atoms with Gasteiger partial charge in [0, 0.05) is 55.7 Å². The van der Waals surface area contributed by atoms with E-state index in [9.17, 15) is 40.7 Å². The number of hydrogen-bond acceptors (Lipinski definition) is 7. The van der Waals surface area contributed by atoms with Crippen LogP contribution in [0, 0.1) is 0 Å². The number of unbranched alkanes of at least 4 members (excludes halogenated alkanes) is 1. The van der Waals surface area contributed by atoms with E-state index in [0.29, 0.717) is 49.9 Å². The molecule has 0 aliphatic carbocycles. The number of thiophene rings is 1. The Morgan fingerprint density at radius 1 is 1.00 bits per heavy atom. The number of aryl methyl sites for hydroxylation is 1. The molecule has 2 fully saturated rings. The number of carboxylic acids is 1. The summed E-state index contributed by atoms with van der Waals surface area (Å²) in [5.74, 6) is -2.75. The van der Waals surface area contributed by atoms with Crippen molar-refractivity contribution in [3.8, 4) is 5.75 Å². The molecule has 53 heavy (non-hydrogen) atoms. The van der Waals surface area contributed by atoms with Crippen LogP contribution in [-0.4, -0.2) is 69.0 Å². The zero-order valence-electron chi connectivity index (χ0n) is 29.1. The summed E-state index contributed by atoms with van der Waals surface area (Å²) in [5, 5.41) is 10.2. The highest BCUT2D eigenvalue weighted by atomic mass is 32.1. The zero-order chi connectivity index (χ0) is 38.6. The van der Waals surface area contributed by atoms with Crippen molar-refractivity contribution >= 4 is 29.1 Å². The Labute approximate surface area is 307 Å². The van der Waals surface area contributed by atoms with Gasteiger partial charge >= 0.3 is 18.3 Å². The Morgan fingerprint density at radius 2 is 1.72 bits per heavy atom. The summed E-state index contributed by atoms with van der Waals surface area (Å²) in [5.41, 5.74) is 3.98. The predicted octanol–water partition coefficient (Wildman–Crippen LogP) is 7.68. The summed E-state index contributed by atoms with van der Waals surface area (Å²) < 4.78 is 89.4. The zero-order valence-corrected chi connectivity index (χ0v) is 30.0. The van der Waals surface area contributed by atoms with Gasteiger partial charge in [-0.1, -0.05) is 37.6 Å². The first-order valence-electron chi connectivity index (χ1n) is 17.6. The van der Waals surface area contributed by atoms with Crippen molar-refractivity contribution in [1.29, 1.82) is 0 Å². The van der Waals surface area contributed by atoms with Crippen LogP contribution < -0.4 is 10.5 Å². The number of aliphatic carboxylic acids is 1. The number of carbonyl (C=O) groups excluding carboxylic acids is 2. The normalized spacial score (nSPS) is 20.6. The van der Waals surface area contributed by atoms with E-state index in [1.807, 2.05) is 24.3 Å². The lowest BCUT2D eigenvalue weighted by Crippen LogP contribution is -2.69. The molecule has 2 atom stereocenters. The van der Waals surface area contributed by atoms with Crippen molar-refractivity contribution in [3.63, 3.8) is 0 Å². The van der Waals surface area contributed by atoms with Gasteiger partial charge in [-0.2, -0.15) is 26.3 Å². The highest BCUT2D eigenvalue weighted by Crippen LogP contribution is 2.43. The first-order valence-corrected chi connectivity index (χ1v) is 18.4. The van der Waals surface area contributed by atoms with E-state index in [-0.39, 0.29) is 51.1 Å². The fourth-order valence-electron chi connectivity index (χ4n) is 7.54. The maximum Gasteiger partial charge on any atom is 0.425 e. The smallest absolute Gasteiger partial charge is 0.425 e. The van der Waals surface area contributed by atoms with Crippen molar-refractivity contribution in [3.05, 3.63) is 81.3 Å².